The van der Waals surface area contributed by atoms with Gasteiger partial charge in [-0.1, -0.05) is 350 Å². The number of fused-ring (bicyclic) bond motifs is 18. The lowest BCUT2D eigenvalue weighted by molar-refractivity contribution is 0.659. The van der Waals surface area contributed by atoms with Gasteiger partial charge in [-0.2, -0.15) is 0 Å². The zero-order valence-corrected chi connectivity index (χ0v) is 67.2. The lowest BCUT2D eigenvalue weighted by atomic mass is 9.81. The normalized spacial score (nSPS) is 15.9. The second kappa shape index (κ2) is 24.9. The van der Waals surface area contributed by atoms with Gasteiger partial charge >= 0.3 is 0 Å². The lowest BCUT2D eigenvalue weighted by Gasteiger charge is -2.31. The topological polar surface area (TPSA) is 6.48 Å². The van der Waals surface area contributed by atoms with E-state index in [1.807, 2.05) is 0 Å². The van der Waals surface area contributed by atoms with Gasteiger partial charge in [-0.3, -0.25) is 0 Å². The summed E-state index contributed by atoms with van der Waals surface area (Å²) < 4.78 is 0. The van der Waals surface area contributed by atoms with Crippen LogP contribution >= 0.6 is 0 Å². The number of anilines is 6. The van der Waals surface area contributed by atoms with Crippen LogP contribution in [0, 0.1) is 0 Å². The van der Waals surface area contributed by atoms with Crippen molar-refractivity contribution >= 4 is 58.4 Å². The molecule has 0 aromatic heterocycles. The summed E-state index contributed by atoms with van der Waals surface area (Å²) in [6.07, 6.45) is 9.06. The Morgan fingerprint density at radius 3 is 0.561 bits per heavy atom. The molecule has 0 radical (unpaired) electrons. The van der Waals surface area contributed by atoms with Gasteiger partial charge in [0.25, 0.3) is 0 Å². The Balaban J connectivity index is 0.499. The van der Waals surface area contributed by atoms with Gasteiger partial charge in [-0.25, -0.2) is 0 Å². The highest BCUT2D eigenvalue weighted by Crippen LogP contribution is 2.59. The summed E-state index contributed by atoms with van der Waals surface area (Å²) in [5, 5.41) is 0. The molecule has 0 saturated carbocycles. The Labute approximate surface area is 672 Å². The smallest absolute Gasteiger partial charge is 0.0465 e. The van der Waals surface area contributed by atoms with Gasteiger partial charge in [-0.15, -0.1) is 0 Å². The third kappa shape index (κ3) is 10.5. The molecule has 2 nitrogen and oxygen atoms in total. The maximum atomic E-state index is 2.52. The predicted molar refractivity (Wildman–Crippen MR) is 483 cm³/mol. The quantitative estimate of drug-likeness (QED) is 0.113. The van der Waals surface area contributed by atoms with Gasteiger partial charge in [-0.05, 0) is 251 Å². The van der Waals surface area contributed by atoms with Crippen molar-refractivity contribution in [3.05, 3.63) is 404 Å². The molecule has 0 aliphatic heterocycles. The highest BCUT2D eigenvalue weighted by atomic mass is 15.1. The van der Waals surface area contributed by atoms with E-state index in [9.17, 15) is 0 Å². The number of hydrogen-bond donors (Lipinski definition) is 0. The third-order valence-corrected chi connectivity index (χ3v) is 27.5. The monoisotopic (exact) mass is 1460 g/mol. The summed E-state index contributed by atoms with van der Waals surface area (Å²) in [7, 11) is 0. The zero-order valence-electron chi connectivity index (χ0n) is 67.2. The van der Waals surface area contributed by atoms with Crippen LogP contribution in [0.2, 0.25) is 0 Å². The van der Waals surface area contributed by atoms with Crippen LogP contribution in [0.3, 0.4) is 0 Å². The second-order valence-corrected chi connectivity index (χ2v) is 36.1. The lowest BCUT2D eigenvalue weighted by Crippen LogP contribution is -2.19. The van der Waals surface area contributed by atoms with Crippen molar-refractivity contribution in [2.45, 2.75) is 116 Å². The van der Waals surface area contributed by atoms with Crippen molar-refractivity contribution in [3.63, 3.8) is 0 Å². The molecule has 21 rings (SSSR count). The van der Waals surface area contributed by atoms with Crippen molar-refractivity contribution in [1.29, 1.82) is 0 Å². The maximum absolute atomic E-state index is 2.52. The van der Waals surface area contributed by atoms with Crippen LogP contribution in [-0.4, -0.2) is 0 Å². The van der Waals surface area contributed by atoms with Crippen LogP contribution in [0.25, 0.3) is 113 Å². The Morgan fingerprint density at radius 1 is 0.158 bits per heavy atom. The molecule has 0 amide bonds. The van der Waals surface area contributed by atoms with E-state index in [1.165, 1.54) is 212 Å². The molecule has 15 aromatic rings. The highest BCUT2D eigenvalue weighted by Gasteiger charge is 2.43. The summed E-state index contributed by atoms with van der Waals surface area (Å²) in [6, 6.07) is 120. The fourth-order valence-electron chi connectivity index (χ4n) is 21.0. The minimum absolute atomic E-state index is 0.130. The number of benzene rings is 15. The molecule has 550 valence electrons. The predicted octanol–water partition coefficient (Wildman–Crippen LogP) is 30.1. The van der Waals surface area contributed by atoms with E-state index < -0.39 is 0 Å². The number of nitrogens with zero attached hydrogens (tertiary/aromatic N) is 2. The van der Waals surface area contributed by atoms with Crippen LogP contribution in [0.4, 0.5) is 34.1 Å². The fourth-order valence-corrected chi connectivity index (χ4v) is 21.0. The fraction of sp³-hybridized carbons (Fsp3) is 0.161. The van der Waals surface area contributed by atoms with Gasteiger partial charge in [0.05, 0.1) is 0 Å². The van der Waals surface area contributed by atoms with Gasteiger partial charge in [0, 0.05) is 66.6 Å². The first-order chi connectivity index (χ1) is 55.0. The van der Waals surface area contributed by atoms with E-state index in [0.29, 0.717) is 0 Å². The molecule has 0 unspecified atom stereocenters. The molecule has 0 saturated heterocycles. The average molecular weight is 1470 g/mol. The van der Waals surface area contributed by atoms with Crippen LogP contribution < -0.4 is 9.80 Å². The van der Waals surface area contributed by atoms with Crippen molar-refractivity contribution in [1.82, 2.24) is 0 Å². The van der Waals surface area contributed by atoms with Crippen molar-refractivity contribution in [3.8, 4) is 89.0 Å². The number of hydrogen-bond acceptors (Lipinski definition) is 2. The van der Waals surface area contributed by atoms with Gasteiger partial charge in [0.2, 0.25) is 0 Å². The SMILES string of the molecule is CC1(C)c2ccccc2-c2ccc(N(c3ccc4c(c3)C(C)(C)c3ccccc3-4)c3ccc4c(c3)C(C)(C)c3cc(C=Cc5ccc(-c6ccc(-c7ccc(C=Cc8ccc9c(c8)C(C)(C)c8cc(N(c%10ccc%11c(c%10)C(C)(C)c%10ccccc%10-%11)c%10ccc%11c(c%10)C(C)(C)c%10ccccc%10-%11)ccc8-9)cc7)cc6)cc5)ccc3-4)cc21. The highest BCUT2D eigenvalue weighted by molar-refractivity contribution is 5.95. The molecule has 2 heteroatoms. The Bertz CT molecular complexity index is 6020. The average Bonchev–Trinajstić information content (AvgIpc) is 1.58. The van der Waals surface area contributed by atoms with Crippen molar-refractivity contribution in [2.75, 3.05) is 9.80 Å². The van der Waals surface area contributed by atoms with Gasteiger partial charge in [0.1, 0.15) is 0 Å². The number of rotatable bonds is 12. The first-order valence-corrected chi connectivity index (χ1v) is 40.8. The molecule has 0 N–H and O–H groups in total. The molecule has 0 atom stereocenters. The van der Waals surface area contributed by atoms with Crippen LogP contribution in [0.15, 0.2) is 315 Å². The third-order valence-electron chi connectivity index (χ3n) is 27.5. The van der Waals surface area contributed by atoms with E-state index in [2.05, 4.69) is 433 Å². The van der Waals surface area contributed by atoms with Crippen LogP contribution in [0.5, 0.6) is 0 Å². The molecule has 0 spiro atoms. The molecule has 0 bridgehead atoms. The van der Waals surface area contributed by atoms with E-state index in [4.69, 9.17) is 0 Å². The van der Waals surface area contributed by atoms with Crippen molar-refractivity contribution in [2.24, 2.45) is 0 Å². The molecule has 6 aliphatic rings. The van der Waals surface area contributed by atoms with Crippen LogP contribution in [-0.2, 0) is 32.5 Å². The standard InChI is InChI=1S/C112H92N2/c1-107(2)95-25-17-13-21-83(95)89-55-47-77(63-101(89)107)113(78-48-56-90-84-22-14-18-26-96(84)108(3,4)102(90)64-78)81-51-59-93-87-53-37-71(61-99(87)111(9,10)105(93)67-81)31-29-69-33-39-73(40-34-69)75-43-45-76(46-44-75)74-41-35-70(36-42-74)30-32-72-38-54-88-94-60-52-82(68-106(94)112(11,12)100(88)62-72)114(79-49-57-91-85-23-15-19-27-97(85)109(5,6)103(91)65-79)80-50-58-92-86-24-16-20-28-98(86)110(7,8)104(92)66-80/h13-68H,1-12H3. The first kappa shape index (κ1) is 69.3. The largest absolute Gasteiger partial charge is 0.310 e. The minimum atomic E-state index is -0.233. The molecular weight excluding hydrogens is 1370 g/mol. The van der Waals surface area contributed by atoms with E-state index in [-0.39, 0.29) is 32.5 Å². The molecule has 114 heavy (non-hydrogen) atoms. The Kier molecular flexibility index (Phi) is 15.2. The van der Waals surface area contributed by atoms with Gasteiger partial charge in [0.15, 0.2) is 0 Å². The Hall–Kier alpha value is -12.6. The maximum Gasteiger partial charge on any atom is 0.0465 e. The molecular formula is C112H92N2. The Morgan fingerprint density at radius 2 is 0.325 bits per heavy atom. The molecule has 6 aliphatic carbocycles. The first-order valence-electron chi connectivity index (χ1n) is 40.8. The summed E-state index contributed by atoms with van der Waals surface area (Å²) in [5.74, 6) is 0. The minimum Gasteiger partial charge on any atom is -0.310 e. The summed E-state index contributed by atoms with van der Waals surface area (Å²) in [6.45, 7) is 28.7. The molecule has 15 aromatic carbocycles. The van der Waals surface area contributed by atoms with Crippen molar-refractivity contribution < 1.29 is 0 Å². The summed E-state index contributed by atoms with van der Waals surface area (Å²) in [5.41, 5.74) is 47.9. The van der Waals surface area contributed by atoms with Gasteiger partial charge < -0.3 is 9.80 Å². The molecule has 0 fully saturated rings. The zero-order chi connectivity index (χ0) is 77.7. The van der Waals surface area contributed by atoms with Crippen LogP contribution in [0.1, 0.15) is 172 Å². The van der Waals surface area contributed by atoms with E-state index in [1.54, 1.807) is 0 Å². The van der Waals surface area contributed by atoms with E-state index in [0.717, 1.165) is 0 Å². The summed E-state index contributed by atoms with van der Waals surface area (Å²) in [4.78, 5) is 5.04. The molecule has 0 heterocycles. The summed E-state index contributed by atoms with van der Waals surface area (Å²) >= 11 is 0. The second-order valence-electron chi connectivity index (χ2n) is 36.1. The van der Waals surface area contributed by atoms with E-state index >= 15 is 0 Å².